The lowest BCUT2D eigenvalue weighted by Gasteiger charge is -2.19. The van der Waals surface area contributed by atoms with Crippen molar-refractivity contribution < 1.29 is 4.42 Å². The summed E-state index contributed by atoms with van der Waals surface area (Å²) in [7, 11) is 0. The summed E-state index contributed by atoms with van der Waals surface area (Å²) in [5.41, 5.74) is 4.30. The molecule has 1 aliphatic rings. The van der Waals surface area contributed by atoms with Gasteiger partial charge in [0.2, 0.25) is 0 Å². The van der Waals surface area contributed by atoms with Crippen LogP contribution in [0.3, 0.4) is 0 Å². The molecule has 0 spiro atoms. The Labute approximate surface area is 121 Å². The average molecular weight is 353 g/mol. The van der Waals surface area contributed by atoms with Crippen LogP contribution in [-0.2, 0) is 19.4 Å². The summed E-state index contributed by atoms with van der Waals surface area (Å²) in [6.07, 6.45) is 5.06. The number of anilines is 1. The van der Waals surface area contributed by atoms with Gasteiger partial charge in [-0.05, 0) is 77.6 Å². The van der Waals surface area contributed by atoms with Gasteiger partial charge in [-0.2, -0.15) is 0 Å². The van der Waals surface area contributed by atoms with Gasteiger partial charge in [-0.3, -0.25) is 0 Å². The minimum atomic E-state index is 0.763. The van der Waals surface area contributed by atoms with Gasteiger partial charge in [0.25, 0.3) is 0 Å². The normalized spacial score (nSPS) is 14.3. The largest absolute Gasteiger partial charge is 0.454 e. The van der Waals surface area contributed by atoms with E-state index in [0.29, 0.717) is 0 Å². The van der Waals surface area contributed by atoms with Gasteiger partial charge < -0.3 is 9.73 Å². The van der Waals surface area contributed by atoms with E-state index >= 15 is 0 Å². The van der Waals surface area contributed by atoms with Crippen LogP contribution in [0.4, 0.5) is 5.69 Å². The van der Waals surface area contributed by atoms with E-state index in [2.05, 4.69) is 46.1 Å². The third-order valence-electron chi connectivity index (χ3n) is 3.48. The van der Waals surface area contributed by atoms with Crippen molar-refractivity contribution in [1.29, 1.82) is 0 Å². The lowest BCUT2D eigenvalue weighted by Crippen LogP contribution is -2.08. The van der Waals surface area contributed by atoms with Gasteiger partial charge in [0, 0.05) is 5.69 Å². The molecule has 1 aliphatic carbocycles. The average Bonchev–Trinajstić information content (AvgIpc) is 2.82. The Kier molecular flexibility index (Phi) is 3.59. The summed E-state index contributed by atoms with van der Waals surface area (Å²) < 4.78 is 6.52. The van der Waals surface area contributed by atoms with Crippen molar-refractivity contribution in [1.82, 2.24) is 0 Å². The minimum Gasteiger partial charge on any atom is -0.454 e. The van der Waals surface area contributed by atoms with Crippen molar-refractivity contribution in [2.24, 2.45) is 0 Å². The van der Waals surface area contributed by atoms with Gasteiger partial charge in [-0.25, -0.2) is 0 Å². The molecule has 0 aliphatic heterocycles. The molecule has 0 saturated carbocycles. The molecule has 0 atom stereocenters. The van der Waals surface area contributed by atoms with Crippen LogP contribution in [0.5, 0.6) is 0 Å². The Bertz CT molecular complexity index is 547. The molecule has 18 heavy (non-hydrogen) atoms. The fraction of sp³-hybridized carbons (Fsp3) is 0.333. The zero-order chi connectivity index (χ0) is 12.4. The molecular formula is C15H16INO. The van der Waals surface area contributed by atoms with Gasteiger partial charge in [0.1, 0.15) is 5.76 Å². The molecule has 2 nitrogen and oxygen atoms in total. The molecular weight excluding hydrogens is 337 g/mol. The molecule has 0 bridgehead atoms. The standard InChI is InChI=1S/C15H16INO/c16-15-9-8-12(18-15)10-17-14-7-3-5-11-4-1-2-6-13(11)14/h3,5,7-9,17H,1-2,4,6,10H2. The molecule has 94 valence electrons. The number of rotatable bonds is 3. The zero-order valence-electron chi connectivity index (χ0n) is 10.2. The van der Waals surface area contributed by atoms with E-state index in [1.54, 1.807) is 0 Å². The Morgan fingerprint density at radius 3 is 2.83 bits per heavy atom. The van der Waals surface area contributed by atoms with Crippen molar-refractivity contribution >= 4 is 28.3 Å². The molecule has 0 unspecified atom stereocenters. The summed E-state index contributed by atoms with van der Waals surface area (Å²) in [4.78, 5) is 0. The Morgan fingerprint density at radius 1 is 1.11 bits per heavy atom. The Morgan fingerprint density at radius 2 is 2.00 bits per heavy atom. The molecule has 0 amide bonds. The molecule has 3 rings (SSSR count). The van der Waals surface area contributed by atoms with Crippen molar-refractivity contribution in [2.45, 2.75) is 32.2 Å². The van der Waals surface area contributed by atoms with E-state index in [4.69, 9.17) is 4.42 Å². The highest BCUT2D eigenvalue weighted by molar-refractivity contribution is 14.1. The van der Waals surface area contributed by atoms with E-state index in [9.17, 15) is 0 Å². The molecule has 0 fully saturated rings. The summed E-state index contributed by atoms with van der Waals surface area (Å²) in [5.74, 6) is 0.993. The first-order valence-electron chi connectivity index (χ1n) is 6.42. The predicted molar refractivity (Wildman–Crippen MR) is 81.8 cm³/mol. The molecule has 3 heteroatoms. The van der Waals surface area contributed by atoms with Gasteiger partial charge in [-0.15, -0.1) is 0 Å². The topological polar surface area (TPSA) is 25.2 Å². The van der Waals surface area contributed by atoms with Crippen LogP contribution in [0.2, 0.25) is 0 Å². The van der Waals surface area contributed by atoms with Crippen LogP contribution in [-0.4, -0.2) is 0 Å². The van der Waals surface area contributed by atoms with E-state index in [0.717, 1.165) is 16.1 Å². The summed E-state index contributed by atoms with van der Waals surface area (Å²) in [5, 5.41) is 3.51. The number of fused-ring (bicyclic) bond motifs is 1. The fourth-order valence-electron chi connectivity index (χ4n) is 2.58. The predicted octanol–water partition coefficient (Wildman–Crippen LogP) is 4.38. The molecule has 0 radical (unpaired) electrons. The number of furan rings is 1. The maximum absolute atomic E-state index is 5.57. The second-order valence-electron chi connectivity index (χ2n) is 4.71. The smallest absolute Gasteiger partial charge is 0.164 e. The lowest BCUT2D eigenvalue weighted by atomic mass is 9.90. The molecule has 1 N–H and O–H groups in total. The first kappa shape index (κ1) is 12.1. The Hall–Kier alpha value is -0.970. The van der Waals surface area contributed by atoms with Crippen molar-refractivity contribution in [3.05, 3.63) is 51.0 Å². The van der Waals surface area contributed by atoms with Gasteiger partial charge in [0.15, 0.2) is 3.77 Å². The van der Waals surface area contributed by atoms with Crippen LogP contribution >= 0.6 is 22.6 Å². The van der Waals surface area contributed by atoms with Crippen molar-refractivity contribution in [2.75, 3.05) is 5.32 Å². The van der Waals surface area contributed by atoms with Crippen molar-refractivity contribution in [3.63, 3.8) is 0 Å². The molecule has 2 aromatic rings. The number of benzene rings is 1. The SMILES string of the molecule is Ic1ccc(CNc2cccc3c2CCCC3)o1. The number of nitrogens with one attached hydrogen (secondary N) is 1. The second-order valence-corrected chi connectivity index (χ2v) is 5.77. The van der Waals surface area contributed by atoms with E-state index in [1.807, 2.05) is 12.1 Å². The van der Waals surface area contributed by atoms with Gasteiger partial charge in [0.05, 0.1) is 6.54 Å². The van der Waals surface area contributed by atoms with Gasteiger partial charge >= 0.3 is 0 Å². The molecule has 1 aromatic carbocycles. The maximum Gasteiger partial charge on any atom is 0.164 e. The lowest BCUT2D eigenvalue weighted by molar-refractivity contribution is 0.492. The molecule has 1 aromatic heterocycles. The highest BCUT2D eigenvalue weighted by atomic mass is 127. The first-order valence-corrected chi connectivity index (χ1v) is 7.49. The number of halogens is 1. The quantitative estimate of drug-likeness (QED) is 0.829. The number of aryl methyl sites for hydroxylation is 1. The highest BCUT2D eigenvalue weighted by Gasteiger charge is 2.12. The monoisotopic (exact) mass is 353 g/mol. The zero-order valence-corrected chi connectivity index (χ0v) is 12.4. The fourth-order valence-corrected chi connectivity index (χ4v) is 3.04. The third kappa shape index (κ3) is 2.55. The Balaban J connectivity index is 1.76. The van der Waals surface area contributed by atoms with Crippen LogP contribution in [0.25, 0.3) is 0 Å². The summed E-state index contributed by atoms with van der Waals surface area (Å²) in [6, 6.07) is 10.6. The number of hydrogen-bond donors (Lipinski definition) is 1. The third-order valence-corrected chi connectivity index (χ3v) is 4.06. The first-order chi connectivity index (χ1) is 8.83. The number of hydrogen-bond acceptors (Lipinski definition) is 2. The highest BCUT2D eigenvalue weighted by Crippen LogP contribution is 2.28. The van der Waals surface area contributed by atoms with E-state index in [1.165, 1.54) is 42.5 Å². The summed E-state index contributed by atoms with van der Waals surface area (Å²) in [6.45, 7) is 0.763. The maximum atomic E-state index is 5.57. The minimum absolute atomic E-state index is 0.763. The van der Waals surface area contributed by atoms with Crippen LogP contribution in [0.15, 0.2) is 34.7 Å². The van der Waals surface area contributed by atoms with Crippen molar-refractivity contribution in [3.8, 4) is 0 Å². The summed E-state index contributed by atoms with van der Waals surface area (Å²) >= 11 is 2.20. The van der Waals surface area contributed by atoms with Crippen LogP contribution in [0.1, 0.15) is 29.7 Å². The molecule has 0 saturated heterocycles. The van der Waals surface area contributed by atoms with Gasteiger partial charge in [-0.1, -0.05) is 12.1 Å². The van der Waals surface area contributed by atoms with E-state index < -0.39 is 0 Å². The van der Waals surface area contributed by atoms with Crippen LogP contribution < -0.4 is 5.32 Å². The van der Waals surface area contributed by atoms with E-state index in [-0.39, 0.29) is 0 Å². The van der Waals surface area contributed by atoms with Crippen LogP contribution in [0, 0.1) is 3.77 Å². The second kappa shape index (κ2) is 5.34. The molecule has 1 heterocycles.